The van der Waals surface area contributed by atoms with Crippen molar-refractivity contribution < 1.29 is 4.79 Å². The molecule has 3 nitrogen and oxygen atoms in total. The van der Waals surface area contributed by atoms with Gasteiger partial charge in [0, 0.05) is 25.0 Å². The number of rotatable bonds is 4. The molecule has 1 aromatic carbocycles. The monoisotopic (exact) mass is 310 g/mol. The van der Waals surface area contributed by atoms with Crippen molar-refractivity contribution in [3.05, 3.63) is 35.9 Å². The van der Waals surface area contributed by atoms with E-state index in [1.165, 1.54) is 6.42 Å². The van der Waals surface area contributed by atoms with Crippen LogP contribution >= 0.6 is 12.4 Å². The molecular weight excluding hydrogens is 284 g/mol. The molecule has 2 rings (SSSR count). The van der Waals surface area contributed by atoms with Crippen LogP contribution in [-0.2, 0) is 4.79 Å². The second-order valence-electron chi connectivity index (χ2n) is 6.00. The number of hydrogen-bond acceptors (Lipinski definition) is 2. The Morgan fingerprint density at radius 2 is 2.00 bits per heavy atom. The van der Waals surface area contributed by atoms with Crippen molar-refractivity contribution in [2.24, 2.45) is 11.7 Å². The zero-order chi connectivity index (χ0) is 14.5. The minimum absolute atomic E-state index is 0. The maximum atomic E-state index is 12.4. The van der Waals surface area contributed by atoms with Gasteiger partial charge in [0.2, 0.25) is 5.91 Å². The molecule has 21 heavy (non-hydrogen) atoms. The van der Waals surface area contributed by atoms with Crippen molar-refractivity contribution >= 4 is 18.3 Å². The number of halogens is 1. The highest BCUT2D eigenvalue weighted by atomic mass is 35.5. The average Bonchev–Trinajstić information content (AvgIpc) is 2.48. The maximum Gasteiger partial charge on any atom is 0.222 e. The summed E-state index contributed by atoms with van der Waals surface area (Å²) >= 11 is 0. The minimum atomic E-state index is -0.0438. The topological polar surface area (TPSA) is 46.3 Å². The third-order valence-electron chi connectivity index (χ3n) is 4.59. The number of carbonyl (C=O) groups excluding carboxylic acids is 1. The van der Waals surface area contributed by atoms with E-state index >= 15 is 0 Å². The first-order valence-corrected chi connectivity index (χ1v) is 7.69. The summed E-state index contributed by atoms with van der Waals surface area (Å²) in [4.78, 5) is 14.4. The SMILES string of the molecule is CC1CCCN(C(=O)CCC(N)c2ccccc2)C1C.Cl. The van der Waals surface area contributed by atoms with Crippen LogP contribution in [0.2, 0.25) is 0 Å². The number of likely N-dealkylation sites (tertiary alicyclic amines) is 1. The van der Waals surface area contributed by atoms with Crippen molar-refractivity contribution in [3.8, 4) is 0 Å². The molecule has 2 N–H and O–H groups in total. The van der Waals surface area contributed by atoms with Gasteiger partial charge < -0.3 is 10.6 Å². The summed E-state index contributed by atoms with van der Waals surface area (Å²) < 4.78 is 0. The van der Waals surface area contributed by atoms with Gasteiger partial charge in [-0.2, -0.15) is 0 Å². The number of benzene rings is 1. The lowest BCUT2D eigenvalue weighted by atomic mass is 9.91. The van der Waals surface area contributed by atoms with Crippen LogP contribution in [0.4, 0.5) is 0 Å². The standard InChI is InChI=1S/C17H26N2O.ClH/c1-13-7-6-12-19(14(13)2)17(20)11-10-16(18)15-8-4-3-5-9-15;/h3-5,8-9,13-14,16H,6-7,10-12,18H2,1-2H3;1H. The lowest BCUT2D eigenvalue weighted by Crippen LogP contribution is -2.46. The molecular formula is C17H27ClN2O. The van der Waals surface area contributed by atoms with Crippen LogP contribution < -0.4 is 5.73 Å². The van der Waals surface area contributed by atoms with E-state index in [9.17, 15) is 4.79 Å². The molecule has 1 aromatic rings. The molecule has 0 aromatic heterocycles. The quantitative estimate of drug-likeness (QED) is 0.924. The molecule has 1 aliphatic heterocycles. The van der Waals surface area contributed by atoms with E-state index in [0.29, 0.717) is 18.4 Å². The van der Waals surface area contributed by atoms with Gasteiger partial charge in [-0.1, -0.05) is 37.3 Å². The fourth-order valence-electron chi connectivity index (χ4n) is 2.98. The molecule has 1 aliphatic rings. The van der Waals surface area contributed by atoms with Crippen molar-refractivity contribution in [2.45, 2.75) is 51.6 Å². The van der Waals surface area contributed by atoms with Crippen LogP contribution in [0, 0.1) is 5.92 Å². The lowest BCUT2D eigenvalue weighted by Gasteiger charge is -2.38. The summed E-state index contributed by atoms with van der Waals surface area (Å²) in [6.07, 6.45) is 3.63. The van der Waals surface area contributed by atoms with Crippen LogP contribution in [0.1, 0.15) is 51.1 Å². The Balaban J connectivity index is 0.00000220. The number of nitrogens with zero attached hydrogens (tertiary/aromatic N) is 1. The molecule has 118 valence electrons. The predicted molar refractivity (Wildman–Crippen MR) is 89.4 cm³/mol. The van der Waals surface area contributed by atoms with Crippen LogP contribution in [0.25, 0.3) is 0 Å². The zero-order valence-electron chi connectivity index (χ0n) is 13.0. The third-order valence-corrected chi connectivity index (χ3v) is 4.59. The Morgan fingerprint density at radius 1 is 1.33 bits per heavy atom. The molecule has 1 heterocycles. The summed E-state index contributed by atoms with van der Waals surface area (Å²) in [5, 5.41) is 0. The highest BCUT2D eigenvalue weighted by molar-refractivity contribution is 5.85. The first-order chi connectivity index (χ1) is 9.59. The molecule has 3 atom stereocenters. The van der Waals surface area contributed by atoms with Crippen LogP contribution in [0.3, 0.4) is 0 Å². The molecule has 3 unspecified atom stereocenters. The summed E-state index contributed by atoms with van der Waals surface area (Å²) in [5.74, 6) is 0.867. The van der Waals surface area contributed by atoms with Crippen LogP contribution in [0.15, 0.2) is 30.3 Å². The van der Waals surface area contributed by atoms with Gasteiger partial charge >= 0.3 is 0 Å². The van der Waals surface area contributed by atoms with E-state index in [2.05, 4.69) is 13.8 Å². The summed E-state index contributed by atoms with van der Waals surface area (Å²) in [6, 6.07) is 10.3. The number of piperidine rings is 1. The number of nitrogens with two attached hydrogens (primary N) is 1. The fourth-order valence-corrected chi connectivity index (χ4v) is 2.98. The Morgan fingerprint density at radius 3 is 2.67 bits per heavy atom. The van der Waals surface area contributed by atoms with E-state index < -0.39 is 0 Å². The van der Waals surface area contributed by atoms with Gasteiger partial charge in [-0.15, -0.1) is 12.4 Å². The zero-order valence-corrected chi connectivity index (χ0v) is 13.8. The van der Waals surface area contributed by atoms with E-state index in [1.807, 2.05) is 35.2 Å². The normalized spacial score (nSPS) is 23.3. The second kappa shape index (κ2) is 8.40. The fraction of sp³-hybridized carbons (Fsp3) is 0.588. The molecule has 1 amide bonds. The Bertz CT molecular complexity index is 438. The predicted octanol–water partition coefficient (Wildman–Crippen LogP) is 3.54. The smallest absolute Gasteiger partial charge is 0.222 e. The van der Waals surface area contributed by atoms with Crippen LogP contribution in [0.5, 0.6) is 0 Å². The molecule has 0 aliphatic carbocycles. The Hall–Kier alpha value is -1.06. The third kappa shape index (κ3) is 4.72. The van der Waals surface area contributed by atoms with Gasteiger partial charge in [0.05, 0.1) is 0 Å². The van der Waals surface area contributed by atoms with Gasteiger partial charge in [0.25, 0.3) is 0 Å². The Kier molecular flexibility index (Phi) is 7.20. The van der Waals surface area contributed by atoms with E-state index in [1.54, 1.807) is 0 Å². The molecule has 1 saturated heterocycles. The second-order valence-corrected chi connectivity index (χ2v) is 6.00. The van der Waals surface area contributed by atoms with Crippen molar-refractivity contribution in [1.82, 2.24) is 4.90 Å². The first kappa shape index (κ1) is 18.0. The average molecular weight is 311 g/mol. The number of hydrogen-bond donors (Lipinski definition) is 1. The van der Waals surface area contributed by atoms with Gasteiger partial charge in [0.15, 0.2) is 0 Å². The molecule has 0 bridgehead atoms. The minimum Gasteiger partial charge on any atom is -0.340 e. The van der Waals surface area contributed by atoms with E-state index in [-0.39, 0.29) is 24.4 Å². The van der Waals surface area contributed by atoms with Gasteiger partial charge in [-0.05, 0) is 37.7 Å². The molecule has 0 spiro atoms. The van der Waals surface area contributed by atoms with E-state index in [0.717, 1.165) is 24.9 Å². The highest BCUT2D eigenvalue weighted by Gasteiger charge is 2.28. The van der Waals surface area contributed by atoms with E-state index in [4.69, 9.17) is 5.73 Å². The van der Waals surface area contributed by atoms with Crippen molar-refractivity contribution in [3.63, 3.8) is 0 Å². The van der Waals surface area contributed by atoms with Crippen molar-refractivity contribution in [2.75, 3.05) is 6.54 Å². The lowest BCUT2D eigenvalue weighted by molar-refractivity contribution is -0.135. The molecule has 0 radical (unpaired) electrons. The summed E-state index contributed by atoms with van der Waals surface area (Å²) in [6.45, 7) is 5.31. The van der Waals surface area contributed by atoms with Gasteiger partial charge in [-0.3, -0.25) is 4.79 Å². The molecule has 0 saturated carbocycles. The Labute approximate surface area is 134 Å². The summed E-state index contributed by atoms with van der Waals surface area (Å²) in [5.41, 5.74) is 7.28. The molecule has 1 fully saturated rings. The number of carbonyl (C=O) groups is 1. The highest BCUT2D eigenvalue weighted by Crippen LogP contribution is 2.24. The van der Waals surface area contributed by atoms with Crippen molar-refractivity contribution in [1.29, 1.82) is 0 Å². The molecule has 4 heteroatoms. The van der Waals surface area contributed by atoms with Gasteiger partial charge in [0.1, 0.15) is 0 Å². The van der Waals surface area contributed by atoms with Crippen LogP contribution in [-0.4, -0.2) is 23.4 Å². The first-order valence-electron chi connectivity index (χ1n) is 7.69. The largest absolute Gasteiger partial charge is 0.340 e. The number of amides is 1. The van der Waals surface area contributed by atoms with Gasteiger partial charge in [-0.25, -0.2) is 0 Å². The summed E-state index contributed by atoms with van der Waals surface area (Å²) in [7, 11) is 0. The maximum absolute atomic E-state index is 12.4.